The van der Waals surface area contributed by atoms with E-state index in [1.807, 2.05) is 0 Å². The minimum Gasteiger partial charge on any atom is -0.351 e. The molecule has 1 saturated heterocycles. The predicted molar refractivity (Wildman–Crippen MR) is 79.0 cm³/mol. The number of carbonyl (C=O) groups is 1. The summed E-state index contributed by atoms with van der Waals surface area (Å²) in [6, 6.07) is 0.397. The first kappa shape index (κ1) is 14.8. The van der Waals surface area contributed by atoms with Gasteiger partial charge in [0.25, 0.3) is 0 Å². The molecule has 0 aromatic carbocycles. The molecule has 2 rings (SSSR count). The molecule has 1 saturated carbocycles. The molecular weight excluding hydrogens is 236 g/mol. The van der Waals surface area contributed by atoms with E-state index < -0.39 is 0 Å². The second kappa shape index (κ2) is 6.25. The average molecular weight is 266 g/mol. The van der Waals surface area contributed by atoms with Crippen LogP contribution in [0.15, 0.2) is 0 Å². The molecule has 0 spiro atoms. The van der Waals surface area contributed by atoms with Crippen LogP contribution >= 0.6 is 0 Å². The van der Waals surface area contributed by atoms with Crippen molar-refractivity contribution in [1.29, 1.82) is 0 Å². The van der Waals surface area contributed by atoms with Crippen molar-refractivity contribution in [2.24, 2.45) is 11.3 Å². The number of amides is 1. The van der Waals surface area contributed by atoms with Gasteiger partial charge in [-0.25, -0.2) is 0 Å². The quantitative estimate of drug-likeness (QED) is 0.824. The highest BCUT2D eigenvalue weighted by atomic mass is 16.2. The summed E-state index contributed by atoms with van der Waals surface area (Å²) in [5.41, 5.74) is 0.257. The summed E-state index contributed by atoms with van der Waals surface area (Å²) in [5, 5.41) is 6.71. The molecule has 3 atom stereocenters. The molecule has 2 aliphatic rings. The molecule has 1 aliphatic heterocycles. The van der Waals surface area contributed by atoms with Crippen molar-refractivity contribution < 1.29 is 4.79 Å². The molecule has 1 heterocycles. The van der Waals surface area contributed by atoms with Crippen LogP contribution in [0.1, 0.15) is 65.7 Å². The van der Waals surface area contributed by atoms with Crippen LogP contribution in [0.4, 0.5) is 0 Å². The molecule has 3 unspecified atom stereocenters. The van der Waals surface area contributed by atoms with Crippen molar-refractivity contribution in [1.82, 2.24) is 10.6 Å². The van der Waals surface area contributed by atoms with E-state index >= 15 is 0 Å². The van der Waals surface area contributed by atoms with Crippen LogP contribution in [-0.2, 0) is 4.79 Å². The molecule has 0 aromatic heterocycles. The van der Waals surface area contributed by atoms with Crippen LogP contribution in [0.3, 0.4) is 0 Å². The third kappa shape index (κ3) is 3.71. The van der Waals surface area contributed by atoms with Gasteiger partial charge in [0.15, 0.2) is 0 Å². The van der Waals surface area contributed by atoms with Crippen molar-refractivity contribution in [3.63, 3.8) is 0 Å². The zero-order valence-electron chi connectivity index (χ0n) is 12.8. The number of carbonyl (C=O) groups excluding carboxylic acids is 1. The lowest BCUT2D eigenvalue weighted by Crippen LogP contribution is -2.54. The Balaban J connectivity index is 1.89. The Labute approximate surface area is 117 Å². The maximum absolute atomic E-state index is 12.4. The number of nitrogens with one attached hydrogen (secondary N) is 2. The van der Waals surface area contributed by atoms with Crippen LogP contribution in [0.5, 0.6) is 0 Å². The molecule has 0 bridgehead atoms. The molecule has 2 fully saturated rings. The molecule has 0 radical (unpaired) electrons. The monoisotopic (exact) mass is 266 g/mol. The summed E-state index contributed by atoms with van der Waals surface area (Å²) in [6.07, 6.45) is 8.35. The third-order valence-corrected chi connectivity index (χ3v) is 5.23. The van der Waals surface area contributed by atoms with Gasteiger partial charge in [-0.3, -0.25) is 4.79 Å². The summed E-state index contributed by atoms with van der Waals surface area (Å²) in [7, 11) is 0. The second-order valence-electron chi connectivity index (χ2n) is 7.10. The summed E-state index contributed by atoms with van der Waals surface area (Å²) in [6.45, 7) is 7.81. The van der Waals surface area contributed by atoms with Gasteiger partial charge in [-0.1, -0.05) is 40.0 Å². The summed E-state index contributed by atoms with van der Waals surface area (Å²) < 4.78 is 0. The normalized spacial score (nSPS) is 34.8. The largest absolute Gasteiger partial charge is 0.351 e. The Kier molecular flexibility index (Phi) is 4.88. The molecule has 19 heavy (non-hydrogen) atoms. The van der Waals surface area contributed by atoms with Gasteiger partial charge in [-0.15, -0.1) is 0 Å². The van der Waals surface area contributed by atoms with Gasteiger partial charge in [0, 0.05) is 6.04 Å². The van der Waals surface area contributed by atoms with Gasteiger partial charge in [-0.05, 0) is 43.6 Å². The minimum atomic E-state index is 0.0384. The summed E-state index contributed by atoms with van der Waals surface area (Å²) >= 11 is 0. The van der Waals surface area contributed by atoms with Crippen LogP contribution in [-0.4, -0.2) is 24.5 Å². The highest BCUT2D eigenvalue weighted by Crippen LogP contribution is 2.35. The Morgan fingerprint density at radius 2 is 2.11 bits per heavy atom. The Morgan fingerprint density at radius 3 is 2.79 bits per heavy atom. The summed E-state index contributed by atoms with van der Waals surface area (Å²) in [5.74, 6) is 0.953. The van der Waals surface area contributed by atoms with Crippen LogP contribution in [0.2, 0.25) is 0 Å². The zero-order valence-corrected chi connectivity index (χ0v) is 12.8. The highest BCUT2D eigenvalue weighted by Gasteiger charge is 2.35. The average Bonchev–Trinajstić information content (AvgIpc) is 2.41. The maximum atomic E-state index is 12.4. The van der Waals surface area contributed by atoms with Gasteiger partial charge >= 0.3 is 0 Å². The Bertz CT molecular complexity index is 314. The summed E-state index contributed by atoms with van der Waals surface area (Å²) in [4.78, 5) is 12.4. The SMILES string of the molecule is CCC1CCNC(C(=O)NC2CCCCC2(C)C)C1. The van der Waals surface area contributed by atoms with Gasteiger partial charge in [0.05, 0.1) is 6.04 Å². The van der Waals surface area contributed by atoms with E-state index in [0.29, 0.717) is 6.04 Å². The van der Waals surface area contributed by atoms with Gasteiger partial charge in [-0.2, -0.15) is 0 Å². The van der Waals surface area contributed by atoms with Gasteiger partial charge in [0.1, 0.15) is 0 Å². The molecule has 110 valence electrons. The Hall–Kier alpha value is -0.570. The van der Waals surface area contributed by atoms with Gasteiger partial charge < -0.3 is 10.6 Å². The molecule has 0 aromatic rings. The number of rotatable bonds is 3. The van der Waals surface area contributed by atoms with Crippen molar-refractivity contribution in [3.8, 4) is 0 Å². The van der Waals surface area contributed by atoms with Gasteiger partial charge in [0.2, 0.25) is 5.91 Å². The molecule has 1 aliphatic carbocycles. The Morgan fingerprint density at radius 1 is 1.32 bits per heavy atom. The van der Waals surface area contributed by atoms with Crippen LogP contribution in [0.25, 0.3) is 0 Å². The lowest BCUT2D eigenvalue weighted by atomic mass is 9.73. The molecule has 1 amide bonds. The van der Waals surface area contributed by atoms with Crippen molar-refractivity contribution in [2.45, 2.75) is 77.8 Å². The number of hydrogen-bond donors (Lipinski definition) is 2. The topological polar surface area (TPSA) is 41.1 Å². The maximum Gasteiger partial charge on any atom is 0.237 e. The zero-order chi connectivity index (χ0) is 13.9. The first-order chi connectivity index (χ1) is 9.03. The third-order valence-electron chi connectivity index (χ3n) is 5.23. The van der Waals surface area contributed by atoms with E-state index in [1.54, 1.807) is 0 Å². The molecule has 3 nitrogen and oxygen atoms in total. The van der Waals surface area contributed by atoms with E-state index in [1.165, 1.54) is 32.1 Å². The molecule has 2 N–H and O–H groups in total. The smallest absolute Gasteiger partial charge is 0.237 e. The highest BCUT2D eigenvalue weighted by molar-refractivity contribution is 5.82. The molecular formula is C16H30N2O. The standard InChI is InChI=1S/C16H30N2O/c1-4-12-8-10-17-13(11-12)15(19)18-14-7-5-6-9-16(14,2)3/h12-14,17H,4-11H2,1-3H3,(H,18,19). The number of piperidine rings is 1. The van der Waals surface area contributed by atoms with Crippen LogP contribution < -0.4 is 10.6 Å². The minimum absolute atomic E-state index is 0.0384. The van der Waals surface area contributed by atoms with Crippen molar-refractivity contribution >= 4 is 5.91 Å². The van der Waals surface area contributed by atoms with E-state index in [2.05, 4.69) is 31.4 Å². The fraction of sp³-hybridized carbons (Fsp3) is 0.938. The van der Waals surface area contributed by atoms with Crippen molar-refractivity contribution in [3.05, 3.63) is 0 Å². The lowest BCUT2D eigenvalue weighted by molar-refractivity contribution is -0.126. The lowest BCUT2D eigenvalue weighted by Gasteiger charge is -2.40. The molecule has 3 heteroatoms. The van der Waals surface area contributed by atoms with E-state index in [9.17, 15) is 4.79 Å². The number of hydrogen-bond acceptors (Lipinski definition) is 2. The fourth-order valence-electron chi connectivity index (χ4n) is 3.60. The van der Waals surface area contributed by atoms with Crippen LogP contribution in [0, 0.1) is 11.3 Å². The van der Waals surface area contributed by atoms with E-state index in [0.717, 1.165) is 25.3 Å². The van der Waals surface area contributed by atoms with E-state index in [4.69, 9.17) is 0 Å². The second-order valence-corrected chi connectivity index (χ2v) is 7.10. The van der Waals surface area contributed by atoms with E-state index in [-0.39, 0.29) is 17.4 Å². The fourth-order valence-corrected chi connectivity index (χ4v) is 3.60. The van der Waals surface area contributed by atoms with Crippen molar-refractivity contribution in [2.75, 3.05) is 6.54 Å². The predicted octanol–water partition coefficient (Wildman–Crippen LogP) is 2.85. The first-order valence-electron chi connectivity index (χ1n) is 8.06. The first-order valence-corrected chi connectivity index (χ1v) is 8.06.